The maximum absolute atomic E-state index is 11.6. The van der Waals surface area contributed by atoms with Crippen LogP contribution in [0.25, 0.3) is 0 Å². The van der Waals surface area contributed by atoms with E-state index >= 15 is 0 Å². The molecule has 2 amide bonds. The van der Waals surface area contributed by atoms with E-state index in [1.54, 1.807) is 0 Å². The van der Waals surface area contributed by atoms with Gasteiger partial charge in [0.25, 0.3) is 0 Å². The molecule has 0 spiro atoms. The van der Waals surface area contributed by atoms with Crippen LogP contribution in [0.2, 0.25) is 0 Å². The molecule has 1 heterocycles. The number of carbonyl (C=O) groups is 2. The number of rotatable bonds is 0. The molecule has 0 radical (unpaired) electrons. The molecule has 70 valence electrons. The first-order valence-corrected chi connectivity index (χ1v) is 4.99. The first-order valence-electron chi connectivity index (χ1n) is 4.99. The fraction of sp³-hybridized carbons (Fsp3) is 0.800. The zero-order valence-electron chi connectivity index (χ0n) is 7.67. The summed E-state index contributed by atoms with van der Waals surface area (Å²) >= 11 is 0. The van der Waals surface area contributed by atoms with E-state index in [4.69, 9.17) is 0 Å². The van der Waals surface area contributed by atoms with Crippen LogP contribution in [0.15, 0.2) is 0 Å². The van der Waals surface area contributed by atoms with Gasteiger partial charge >= 0.3 is 0 Å². The maximum atomic E-state index is 11.6. The van der Waals surface area contributed by atoms with Gasteiger partial charge in [-0.1, -0.05) is 0 Å². The summed E-state index contributed by atoms with van der Waals surface area (Å²) in [5, 5.41) is 2.48. The predicted molar refractivity (Wildman–Crippen MR) is 45.6 cm³/mol. The Morgan fingerprint density at radius 3 is 2.85 bits per heavy atom. The number of amides is 2. The number of imide groups is 1. The zero-order valence-corrected chi connectivity index (χ0v) is 7.67. The molecule has 13 heavy (non-hydrogen) atoms. The molecule has 0 aromatic rings. The number of carbonyl (C=O) groups excluding carboxylic acids is 2. The van der Waals surface area contributed by atoms with E-state index in [1.165, 1.54) is 0 Å². The Labute approximate surface area is 76.9 Å². The van der Waals surface area contributed by atoms with Gasteiger partial charge in [0.1, 0.15) is 0 Å². The molecule has 3 fully saturated rings. The molecule has 1 N–H and O–H groups in total. The fourth-order valence-electron chi connectivity index (χ4n) is 3.74. The van der Waals surface area contributed by atoms with Crippen LogP contribution in [0.4, 0.5) is 0 Å². The van der Waals surface area contributed by atoms with Crippen LogP contribution in [0.3, 0.4) is 0 Å². The van der Waals surface area contributed by atoms with Crippen LogP contribution in [0.5, 0.6) is 0 Å². The van der Waals surface area contributed by atoms with Gasteiger partial charge in [0.15, 0.2) is 0 Å². The summed E-state index contributed by atoms with van der Waals surface area (Å²) in [5.41, 5.74) is -0.347. The van der Waals surface area contributed by atoms with E-state index < -0.39 is 0 Å². The van der Waals surface area contributed by atoms with E-state index in [0.29, 0.717) is 11.8 Å². The van der Waals surface area contributed by atoms with Crippen LogP contribution >= 0.6 is 0 Å². The molecule has 0 aromatic heterocycles. The van der Waals surface area contributed by atoms with E-state index in [1.807, 2.05) is 6.92 Å². The van der Waals surface area contributed by atoms with Gasteiger partial charge in [0, 0.05) is 0 Å². The van der Waals surface area contributed by atoms with Crippen molar-refractivity contribution < 1.29 is 9.59 Å². The van der Waals surface area contributed by atoms with E-state index in [2.05, 4.69) is 5.32 Å². The van der Waals surface area contributed by atoms with Crippen molar-refractivity contribution >= 4 is 11.8 Å². The lowest BCUT2D eigenvalue weighted by atomic mass is 9.69. The van der Waals surface area contributed by atoms with Crippen molar-refractivity contribution in [2.75, 3.05) is 0 Å². The van der Waals surface area contributed by atoms with Gasteiger partial charge in [-0.25, -0.2) is 0 Å². The molecular weight excluding hydrogens is 166 g/mol. The molecule has 0 unspecified atom stereocenters. The first kappa shape index (κ1) is 7.54. The molecule has 4 atom stereocenters. The summed E-state index contributed by atoms with van der Waals surface area (Å²) in [7, 11) is 0. The summed E-state index contributed by atoms with van der Waals surface area (Å²) in [5.74, 6) is 0.920. The highest BCUT2D eigenvalue weighted by molar-refractivity contribution is 6.08. The molecule has 1 saturated heterocycles. The van der Waals surface area contributed by atoms with Gasteiger partial charge < -0.3 is 0 Å². The molecule has 2 aliphatic carbocycles. The van der Waals surface area contributed by atoms with Gasteiger partial charge in [-0.15, -0.1) is 0 Å². The van der Waals surface area contributed by atoms with Gasteiger partial charge in [0.2, 0.25) is 11.8 Å². The van der Waals surface area contributed by atoms with E-state index in [0.717, 1.165) is 19.3 Å². The molecule has 2 saturated carbocycles. The Balaban J connectivity index is 2.12. The molecule has 3 heteroatoms. The Morgan fingerprint density at radius 1 is 1.38 bits per heavy atom. The van der Waals surface area contributed by atoms with Crippen LogP contribution in [-0.4, -0.2) is 11.8 Å². The lowest BCUT2D eigenvalue weighted by molar-refractivity contribution is -0.130. The minimum atomic E-state index is -0.347. The number of fused-ring (bicyclic) bond motifs is 5. The minimum absolute atomic E-state index is 0.00116. The summed E-state index contributed by atoms with van der Waals surface area (Å²) in [6.45, 7) is 1.97. The van der Waals surface area contributed by atoms with E-state index in [-0.39, 0.29) is 23.1 Å². The highest BCUT2D eigenvalue weighted by Crippen LogP contribution is 2.61. The van der Waals surface area contributed by atoms with Crippen molar-refractivity contribution in [1.82, 2.24) is 5.32 Å². The van der Waals surface area contributed by atoms with Gasteiger partial charge in [-0.3, -0.25) is 14.9 Å². The van der Waals surface area contributed by atoms with Crippen LogP contribution in [-0.2, 0) is 9.59 Å². The number of nitrogens with one attached hydrogen (secondary N) is 1. The van der Waals surface area contributed by atoms with Crippen molar-refractivity contribution in [3.05, 3.63) is 0 Å². The second-order valence-electron chi connectivity index (χ2n) is 4.85. The van der Waals surface area contributed by atoms with Crippen molar-refractivity contribution in [1.29, 1.82) is 0 Å². The Bertz CT molecular complexity index is 312. The van der Waals surface area contributed by atoms with Crippen LogP contribution < -0.4 is 5.32 Å². The normalized spacial score (nSPS) is 52.5. The molecule has 3 rings (SSSR count). The largest absolute Gasteiger partial charge is 0.296 e. The summed E-state index contributed by atoms with van der Waals surface area (Å²) in [6.07, 6.45) is 3.38. The fourth-order valence-corrected chi connectivity index (χ4v) is 3.74. The van der Waals surface area contributed by atoms with Crippen LogP contribution in [0.1, 0.15) is 26.2 Å². The molecular formula is C10H13NO2. The first-order chi connectivity index (χ1) is 6.14. The van der Waals surface area contributed by atoms with Crippen molar-refractivity contribution in [3.63, 3.8) is 0 Å². The minimum Gasteiger partial charge on any atom is -0.296 e. The molecule has 0 aromatic carbocycles. The Kier molecular flexibility index (Phi) is 1.14. The smallest absolute Gasteiger partial charge is 0.233 e. The average molecular weight is 179 g/mol. The number of hydrogen-bond donors (Lipinski definition) is 1. The quantitative estimate of drug-likeness (QED) is 0.556. The predicted octanol–water partition coefficient (Wildman–Crippen LogP) is 0.695. The average Bonchev–Trinajstić information content (AvgIpc) is 2.66. The Morgan fingerprint density at radius 2 is 2.15 bits per heavy atom. The SMILES string of the molecule is C[C@@]12C(=O)NC(=O)[C@@H]1[C@@H]1CC[C@H]2C1. The monoisotopic (exact) mass is 179 g/mol. The van der Waals surface area contributed by atoms with Crippen LogP contribution in [0, 0.1) is 23.2 Å². The topological polar surface area (TPSA) is 46.2 Å². The lowest BCUT2D eigenvalue weighted by Gasteiger charge is -2.30. The lowest BCUT2D eigenvalue weighted by Crippen LogP contribution is -2.37. The Hall–Kier alpha value is -0.860. The van der Waals surface area contributed by atoms with Crippen molar-refractivity contribution in [3.8, 4) is 0 Å². The maximum Gasteiger partial charge on any atom is 0.233 e. The second-order valence-corrected chi connectivity index (χ2v) is 4.85. The van der Waals surface area contributed by atoms with Gasteiger partial charge in [-0.2, -0.15) is 0 Å². The second kappa shape index (κ2) is 1.97. The van der Waals surface area contributed by atoms with E-state index in [9.17, 15) is 9.59 Å². The van der Waals surface area contributed by atoms with Gasteiger partial charge in [0.05, 0.1) is 11.3 Å². The molecule has 3 nitrogen and oxygen atoms in total. The molecule has 1 aliphatic heterocycles. The third-order valence-electron chi connectivity index (χ3n) is 4.45. The van der Waals surface area contributed by atoms with Crippen molar-refractivity contribution in [2.24, 2.45) is 23.2 Å². The van der Waals surface area contributed by atoms with Crippen molar-refractivity contribution in [2.45, 2.75) is 26.2 Å². The summed E-state index contributed by atoms with van der Waals surface area (Å²) in [6, 6.07) is 0. The van der Waals surface area contributed by atoms with Gasteiger partial charge in [-0.05, 0) is 38.0 Å². The third-order valence-corrected chi connectivity index (χ3v) is 4.45. The number of hydrogen-bond acceptors (Lipinski definition) is 2. The molecule has 2 bridgehead atoms. The standard InChI is InChI=1S/C10H13NO2/c1-10-6-3-2-5(4-6)7(10)8(12)11-9(10)13/h5-7H,2-4H2,1H3,(H,11,12,13)/t5-,6+,7+,10+/m1/s1. The highest BCUT2D eigenvalue weighted by atomic mass is 16.2. The third kappa shape index (κ3) is 0.640. The zero-order chi connectivity index (χ0) is 9.22. The summed E-state index contributed by atoms with van der Waals surface area (Å²) < 4.78 is 0. The highest BCUT2D eigenvalue weighted by Gasteiger charge is 2.65. The molecule has 3 aliphatic rings. The summed E-state index contributed by atoms with van der Waals surface area (Å²) in [4.78, 5) is 23.2.